The van der Waals surface area contributed by atoms with Crippen LogP contribution in [-0.4, -0.2) is 71.2 Å². The average molecular weight is 388 g/mol. The van der Waals surface area contributed by atoms with Crippen LogP contribution in [0.1, 0.15) is 30.0 Å². The summed E-state index contributed by atoms with van der Waals surface area (Å²) in [6.45, 7) is 5.26. The average Bonchev–Trinajstić information content (AvgIpc) is 3.13. The molecule has 1 amide bonds. The third kappa shape index (κ3) is 4.38. The fraction of sp³-hybridized carbons (Fsp3) is 0.538. The monoisotopic (exact) mass is 388 g/mol. The number of nitrogens with zero attached hydrogens (tertiary/aromatic N) is 7. The Hall–Kier alpha value is -1.60. The summed E-state index contributed by atoms with van der Waals surface area (Å²) in [5, 5.41) is 26.5. The van der Waals surface area contributed by atoms with E-state index in [0.717, 1.165) is 9.47 Å². The molecule has 2 aromatic heterocycles. The normalized spacial score (nSPS) is 19.7. The number of amides is 1. The molecule has 0 bridgehead atoms. The summed E-state index contributed by atoms with van der Waals surface area (Å²) >= 11 is 5.46. The van der Waals surface area contributed by atoms with Crippen molar-refractivity contribution in [1.82, 2.24) is 35.0 Å². The Morgan fingerprint density at radius 1 is 1.31 bits per heavy atom. The van der Waals surface area contributed by atoms with Gasteiger partial charge in [0.05, 0.1) is 18.4 Å². The third-order valence-electron chi connectivity index (χ3n) is 3.63. The predicted octanol–water partition coefficient (Wildman–Crippen LogP) is -4.35. The number of carbonyl (C=O) groups excluding carboxylic acids is 1. The second kappa shape index (κ2) is 8.39. The van der Waals surface area contributed by atoms with E-state index in [2.05, 4.69) is 26.0 Å². The zero-order chi connectivity index (χ0) is 18.1. The minimum Gasteiger partial charge on any atom is -0.857 e. The van der Waals surface area contributed by atoms with Gasteiger partial charge in [-0.15, -0.1) is 10.2 Å². The van der Waals surface area contributed by atoms with Crippen LogP contribution in [-0.2, 0) is 11.8 Å². The molecule has 0 aliphatic carbocycles. The second-order valence-corrected chi connectivity index (χ2v) is 6.21. The van der Waals surface area contributed by atoms with Crippen molar-refractivity contribution in [2.24, 2.45) is 7.05 Å². The van der Waals surface area contributed by atoms with Gasteiger partial charge < -0.3 is 14.7 Å². The van der Waals surface area contributed by atoms with Crippen molar-refractivity contribution < 1.29 is 44.2 Å². The number of aryl methyl sites for hydroxylation is 1. The molecule has 1 aliphatic heterocycles. The molecular weight excluding hydrogens is 371 g/mol. The van der Waals surface area contributed by atoms with E-state index in [9.17, 15) is 9.90 Å². The maximum Gasteiger partial charge on any atom is 1.00 e. The smallest absolute Gasteiger partial charge is 0.857 e. The summed E-state index contributed by atoms with van der Waals surface area (Å²) in [5.41, 5.74) is 2.51. The van der Waals surface area contributed by atoms with E-state index in [4.69, 9.17) is 17.0 Å². The maximum absolute atomic E-state index is 12.0. The van der Waals surface area contributed by atoms with Gasteiger partial charge in [0.2, 0.25) is 0 Å². The molecule has 11 nitrogen and oxygen atoms in total. The number of hydrogen-bond acceptors (Lipinski definition) is 8. The molecule has 1 saturated heterocycles. The van der Waals surface area contributed by atoms with E-state index < -0.39 is 11.8 Å². The molecular formula is C13H17N8NaO3S. The molecule has 1 aliphatic rings. The number of nitrogens with one attached hydrogen (secondary N) is 1. The first kappa shape index (κ1) is 20.7. The summed E-state index contributed by atoms with van der Waals surface area (Å²) in [4.78, 5) is 15.6. The Morgan fingerprint density at radius 2 is 1.96 bits per heavy atom. The Morgan fingerprint density at radius 3 is 2.54 bits per heavy atom. The Bertz CT molecular complexity index is 799. The number of hydrogen-bond donors (Lipinski definition) is 1. The van der Waals surface area contributed by atoms with Crippen molar-refractivity contribution >= 4 is 23.1 Å². The summed E-state index contributed by atoms with van der Waals surface area (Å²) in [7, 11) is 1.41. The molecule has 26 heavy (non-hydrogen) atoms. The van der Waals surface area contributed by atoms with Crippen LogP contribution in [0, 0.1) is 0 Å². The number of thiocarbonyl (C=S) groups is 1. The van der Waals surface area contributed by atoms with Crippen molar-refractivity contribution in [3.63, 3.8) is 0 Å². The molecule has 2 atom stereocenters. The van der Waals surface area contributed by atoms with Gasteiger partial charge in [0.25, 0.3) is 5.91 Å². The first-order chi connectivity index (χ1) is 11.8. The molecule has 134 valence electrons. The van der Waals surface area contributed by atoms with Crippen LogP contribution in [0.4, 0.5) is 0 Å². The Balaban J connectivity index is 0.00000243. The van der Waals surface area contributed by atoms with Crippen molar-refractivity contribution in [3.05, 3.63) is 17.6 Å². The van der Waals surface area contributed by atoms with Crippen LogP contribution in [0.2, 0.25) is 0 Å². The van der Waals surface area contributed by atoms with E-state index >= 15 is 0 Å². The molecule has 0 radical (unpaired) electrons. The number of ether oxygens (including phenoxy) is 1. The summed E-state index contributed by atoms with van der Waals surface area (Å²) in [6.07, 6.45) is 1.60. The molecule has 0 aromatic carbocycles. The van der Waals surface area contributed by atoms with Crippen molar-refractivity contribution in [2.75, 3.05) is 18.5 Å². The second-order valence-electron chi connectivity index (χ2n) is 5.82. The van der Waals surface area contributed by atoms with Crippen LogP contribution in [0.25, 0.3) is 0 Å². The predicted molar refractivity (Wildman–Crippen MR) is 87.4 cm³/mol. The third-order valence-corrected chi connectivity index (χ3v) is 4.09. The van der Waals surface area contributed by atoms with Gasteiger partial charge in [0.15, 0.2) is 5.69 Å². The van der Waals surface area contributed by atoms with E-state index in [1.54, 1.807) is 0 Å². The zero-order valence-corrected chi connectivity index (χ0v) is 17.7. The van der Waals surface area contributed by atoms with Gasteiger partial charge in [-0.05, 0) is 19.1 Å². The first-order valence-corrected chi connectivity index (χ1v) is 8.01. The number of aromatic nitrogens is 6. The molecule has 3 rings (SSSR count). The van der Waals surface area contributed by atoms with Crippen LogP contribution in [0.15, 0.2) is 6.20 Å². The molecule has 1 N–H and O–H groups in total. The standard InChI is InChI=1S/C13H18N8O3S.Na/c1-7-4-20(5-8(2)24-7)13(25)9-6-21(18-14-9)16-11(22)10-12(23)19(3)17-15-10;/h6-8,23H,4-5H2,1-3H3,(H,16,22);/q;+1/p-1. The molecule has 2 unspecified atom stereocenters. The van der Waals surface area contributed by atoms with Crippen LogP contribution in [0.3, 0.4) is 0 Å². The summed E-state index contributed by atoms with van der Waals surface area (Å²) in [6, 6.07) is 0. The van der Waals surface area contributed by atoms with Gasteiger partial charge in [0.1, 0.15) is 10.7 Å². The van der Waals surface area contributed by atoms with Gasteiger partial charge in [-0.25, -0.2) is 5.43 Å². The fourth-order valence-corrected chi connectivity index (χ4v) is 2.81. The molecule has 3 heterocycles. The quantitative estimate of drug-likeness (QED) is 0.410. The van der Waals surface area contributed by atoms with Gasteiger partial charge >= 0.3 is 29.6 Å². The Labute approximate surface area is 176 Å². The SMILES string of the molecule is CC1CN(C(=S)c2cn(NC(=O)c3nnn(C)c3[O-])nn2)CC(C)O1.[Na+]. The summed E-state index contributed by atoms with van der Waals surface area (Å²) < 4.78 is 6.65. The Kier molecular flexibility index (Phi) is 6.69. The van der Waals surface area contributed by atoms with Crippen molar-refractivity contribution in [3.8, 4) is 5.88 Å². The van der Waals surface area contributed by atoms with E-state index in [1.165, 1.54) is 13.2 Å². The fourth-order valence-electron chi connectivity index (χ4n) is 2.57. The largest absolute Gasteiger partial charge is 1.00 e. The number of rotatable bonds is 3. The first-order valence-electron chi connectivity index (χ1n) is 7.60. The molecule has 1 fully saturated rings. The van der Waals surface area contributed by atoms with E-state index in [0.29, 0.717) is 23.8 Å². The zero-order valence-electron chi connectivity index (χ0n) is 14.9. The van der Waals surface area contributed by atoms with Crippen LogP contribution >= 0.6 is 12.2 Å². The minimum atomic E-state index is -0.728. The van der Waals surface area contributed by atoms with Gasteiger partial charge in [-0.1, -0.05) is 17.4 Å². The molecule has 0 saturated carbocycles. The molecule has 2 aromatic rings. The van der Waals surface area contributed by atoms with E-state index in [-0.39, 0.29) is 47.5 Å². The van der Waals surface area contributed by atoms with Crippen LogP contribution in [0.5, 0.6) is 5.88 Å². The number of carbonyl (C=O) groups is 1. The summed E-state index contributed by atoms with van der Waals surface area (Å²) in [5.74, 6) is -1.32. The topological polar surface area (TPSA) is 126 Å². The van der Waals surface area contributed by atoms with Crippen LogP contribution < -0.4 is 40.1 Å². The van der Waals surface area contributed by atoms with Gasteiger partial charge in [-0.3, -0.25) is 9.48 Å². The number of morpholine rings is 1. The van der Waals surface area contributed by atoms with Gasteiger partial charge in [-0.2, -0.15) is 4.79 Å². The molecule has 0 spiro atoms. The van der Waals surface area contributed by atoms with E-state index in [1.807, 2.05) is 18.7 Å². The maximum atomic E-state index is 12.0. The van der Waals surface area contributed by atoms with Crippen molar-refractivity contribution in [2.45, 2.75) is 26.1 Å². The minimum absolute atomic E-state index is 0. The molecule has 13 heteroatoms. The van der Waals surface area contributed by atoms with Crippen molar-refractivity contribution in [1.29, 1.82) is 0 Å². The van der Waals surface area contributed by atoms with Gasteiger partial charge in [0, 0.05) is 26.0 Å².